The van der Waals surface area contributed by atoms with Gasteiger partial charge in [-0.3, -0.25) is 15.0 Å². The molecule has 0 bridgehead atoms. The van der Waals surface area contributed by atoms with Crippen molar-refractivity contribution in [2.75, 3.05) is 6.54 Å². The fourth-order valence-electron chi connectivity index (χ4n) is 1.80. The number of carbonyl (C=O) groups is 1. The summed E-state index contributed by atoms with van der Waals surface area (Å²) >= 11 is 0. The molecule has 1 aromatic rings. The van der Waals surface area contributed by atoms with Crippen LogP contribution in [0.5, 0.6) is 0 Å². The first-order valence-corrected chi connectivity index (χ1v) is 8.98. The molecule has 0 fully saturated rings. The molecule has 0 spiro atoms. The number of hydrogen-bond acceptors (Lipinski definition) is 4. The van der Waals surface area contributed by atoms with Gasteiger partial charge in [-0.2, -0.15) is 0 Å². The maximum absolute atomic E-state index is 10.6. The number of carboxylic acids is 1. The molecule has 0 amide bonds. The minimum absolute atomic E-state index is 0.327. The highest BCUT2D eigenvalue weighted by atomic mass is 16.7. The van der Waals surface area contributed by atoms with Crippen LogP contribution in [0.15, 0.2) is 30.3 Å². The van der Waals surface area contributed by atoms with E-state index in [0.717, 1.165) is 12.0 Å². The number of unbranched alkanes of at least 4 members (excludes halogenated alkanes) is 1. The normalized spacial score (nSPS) is 10.5. The Labute approximate surface area is 152 Å². The number of hydrogen-bond donors (Lipinski definition) is 3. The maximum atomic E-state index is 10.6. The van der Waals surface area contributed by atoms with Gasteiger partial charge < -0.3 is 10.8 Å². The van der Waals surface area contributed by atoms with Crippen molar-refractivity contribution in [3.05, 3.63) is 35.9 Å². The van der Waals surface area contributed by atoms with E-state index in [2.05, 4.69) is 0 Å². The summed E-state index contributed by atoms with van der Waals surface area (Å²) in [6.07, 6.45) is 1.84. The molecule has 0 aliphatic carbocycles. The van der Waals surface area contributed by atoms with Gasteiger partial charge in [0.05, 0.1) is 6.61 Å². The Morgan fingerprint density at radius 1 is 1.20 bits per heavy atom. The number of amidine groups is 1. The van der Waals surface area contributed by atoms with Gasteiger partial charge in [-0.15, -0.1) is 0 Å². The van der Waals surface area contributed by atoms with Crippen molar-refractivity contribution < 1.29 is 14.7 Å². The monoisotopic (exact) mass is 353 g/mol. The van der Waals surface area contributed by atoms with Gasteiger partial charge in [0, 0.05) is 6.54 Å². The van der Waals surface area contributed by atoms with E-state index in [1.54, 1.807) is 6.92 Å². The van der Waals surface area contributed by atoms with Crippen LogP contribution in [0, 0.1) is 5.41 Å². The molecule has 0 aliphatic heterocycles. The lowest BCUT2D eigenvalue weighted by atomic mass is 10.1. The Hall–Kier alpha value is -1.92. The van der Waals surface area contributed by atoms with Crippen LogP contribution in [-0.2, 0) is 16.2 Å². The highest BCUT2D eigenvalue weighted by Crippen LogP contribution is 2.06. The van der Waals surface area contributed by atoms with Crippen LogP contribution in [0.1, 0.15) is 59.4 Å². The van der Waals surface area contributed by atoms with Crippen molar-refractivity contribution >= 4 is 11.8 Å². The van der Waals surface area contributed by atoms with Gasteiger partial charge in [0.15, 0.2) is 0 Å². The van der Waals surface area contributed by atoms with E-state index in [0.29, 0.717) is 31.8 Å². The molecule has 0 aliphatic rings. The van der Waals surface area contributed by atoms with Gasteiger partial charge >= 0.3 is 5.97 Å². The smallest absolute Gasteiger partial charge is 0.320 e. The average Bonchev–Trinajstić information content (AvgIpc) is 2.64. The summed E-state index contributed by atoms with van der Waals surface area (Å²) < 4.78 is 0. The van der Waals surface area contributed by atoms with Crippen LogP contribution in [0.4, 0.5) is 0 Å². The minimum atomic E-state index is -0.976. The van der Waals surface area contributed by atoms with Crippen molar-refractivity contribution in [1.29, 1.82) is 5.41 Å². The Morgan fingerprint density at radius 2 is 1.76 bits per heavy atom. The van der Waals surface area contributed by atoms with Gasteiger partial charge in [0.1, 0.15) is 11.9 Å². The largest absolute Gasteiger partial charge is 0.480 e. The van der Waals surface area contributed by atoms with Crippen molar-refractivity contribution in [1.82, 2.24) is 5.06 Å². The molecule has 25 heavy (non-hydrogen) atoms. The zero-order valence-corrected chi connectivity index (χ0v) is 16.3. The Balaban J connectivity index is 0. The lowest BCUT2D eigenvalue weighted by Crippen LogP contribution is -2.31. The summed E-state index contributed by atoms with van der Waals surface area (Å²) in [4.78, 5) is 16.2. The third-order valence-corrected chi connectivity index (χ3v) is 3.05. The molecule has 144 valence electrons. The Bertz CT molecular complexity index is 452. The maximum Gasteiger partial charge on any atom is 0.320 e. The van der Waals surface area contributed by atoms with Crippen molar-refractivity contribution in [2.45, 2.75) is 66.5 Å². The highest BCUT2D eigenvalue weighted by molar-refractivity contribution is 5.75. The summed E-state index contributed by atoms with van der Waals surface area (Å²) in [6, 6.07) is 8.92. The Kier molecular flexibility index (Phi) is 17.1. The average molecular weight is 354 g/mol. The zero-order chi connectivity index (χ0) is 19.7. The first kappa shape index (κ1) is 25.3. The third kappa shape index (κ3) is 13.1. The molecular formula is C19H35N3O3. The van der Waals surface area contributed by atoms with Gasteiger partial charge in [-0.05, 0) is 31.7 Å². The summed E-state index contributed by atoms with van der Waals surface area (Å²) in [5.74, 6) is -0.649. The predicted molar refractivity (Wildman–Crippen MR) is 103 cm³/mol. The third-order valence-electron chi connectivity index (χ3n) is 3.05. The van der Waals surface area contributed by atoms with Gasteiger partial charge in [0.25, 0.3) is 0 Å². The van der Waals surface area contributed by atoms with Crippen LogP contribution in [-0.4, -0.2) is 34.6 Å². The van der Waals surface area contributed by atoms with Crippen LogP contribution in [0.25, 0.3) is 0 Å². The molecule has 1 aromatic carbocycles. The fraction of sp³-hybridized carbons (Fsp3) is 0.579. The minimum Gasteiger partial charge on any atom is -0.480 e. The summed E-state index contributed by atoms with van der Waals surface area (Å²) in [5, 5.41) is 17.9. The van der Waals surface area contributed by atoms with Crippen molar-refractivity contribution in [3.63, 3.8) is 0 Å². The van der Waals surface area contributed by atoms with Crippen LogP contribution in [0.2, 0.25) is 0 Å². The van der Waals surface area contributed by atoms with Crippen molar-refractivity contribution in [3.8, 4) is 0 Å². The molecular weight excluding hydrogens is 318 g/mol. The molecule has 1 atom stereocenters. The number of nitrogens with zero attached hydrogens (tertiary/aromatic N) is 1. The molecule has 0 saturated carbocycles. The standard InChI is InChI=1S/C15H23N3O3.2C2H6/c1-12(16)18(10-6-5-9-14(17)15(19)20)21-11-13-7-3-2-4-8-13;2*1-2/h2-4,7-8,14,16H,5-6,9-11,17H2,1H3,(H,19,20);2*1-2H3/t14-;;/m0../s1. The first-order chi connectivity index (χ1) is 12.0. The van der Waals surface area contributed by atoms with Crippen LogP contribution in [0.3, 0.4) is 0 Å². The molecule has 0 radical (unpaired) electrons. The lowest BCUT2D eigenvalue weighted by Gasteiger charge is -2.22. The zero-order valence-electron chi connectivity index (χ0n) is 16.3. The SMILES string of the molecule is CC.CC.CC(=N)N(CCCC[C@H](N)C(=O)O)OCc1ccccc1. The molecule has 0 heterocycles. The number of hydroxylamine groups is 2. The highest BCUT2D eigenvalue weighted by Gasteiger charge is 2.11. The van der Waals surface area contributed by atoms with E-state index in [1.165, 1.54) is 5.06 Å². The van der Waals surface area contributed by atoms with Gasteiger partial charge in [-0.25, -0.2) is 5.06 Å². The number of nitrogens with two attached hydrogens (primary N) is 1. The van der Waals surface area contributed by atoms with Crippen LogP contribution >= 0.6 is 0 Å². The molecule has 4 N–H and O–H groups in total. The molecule has 1 rings (SSSR count). The molecule has 0 aromatic heterocycles. The quantitative estimate of drug-likeness (QED) is 0.269. The van der Waals surface area contributed by atoms with E-state index >= 15 is 0 Å². The molecule has 6 nitrogen and oxygen atoms in total. The summed E-state index contributed by atoms with van der Waals surface area (Å²) in [7, 11) is 0. The van der Waals surface area contributed by atoms with Gasteiger partial charge in [-0.1, -0.05) is 58.0 Å². The molecule has 0 unspecified atom stereocenters. The van der Waals surface area contributed by atoms with E-state index < -0.39 is 12.0 Å². The van der Waals surface area contributed by atoms with E-state index in [-0.39, 0.29) is 0 Å². The Morgan fingerprint density at radius 3 is 2.24 bits per heavy atom. The number of rotatable bonds is 9. The second kappa shape index (κ2) is 16.9. The second-order valence-corrected chi connectivity index (χ2v) is 4.89. The predicted octanol–water partition coefficient (Wildman–Crippen LogP) is 4.05. The summed E-state index contributed by atoms with van der Waals surface area (Å²) in [5.41, 5.74) is 6.48. The number of benzene rings is 1. The second-order valence-electron chi connectivity index (χ2n) is 4.89. The molecule has 6 heteroatoms. The topological polar surface area (TPSA) is 99.6 Å². The number of carboxylic acid groups (broad SMARTS) is 1. The van der Waals surface area contributed by atoms with Gasteiger partial charge in [0.2, 0.25) is 0 Å². The number of nitrogens with one attached hydrogen (secondary N) is 1. The fourth-order valence-corrected chi connectivity index (χ4v) is 1.80. The van der Waals surface area contributed by atoms with E-state index in [1.807, 2.05) is 58.0 Å². The lowest BCUT2D eigenvalue weighted by molar-refractivity contribution is -0.138. The first-order valence-electron chi connectivity index (χ1n) is 8.98. The van der Waals surface area contributed by atoms with E-state index in [4.69, 9.17) is 21.1 Å². The molecule has 0 saturated heterocycles. The number of aliphatic carboxylic acids is 1. The van der Waals surface area contributed by atoms with Crippen LogP contribution < -0.4 is 5.73 Å². The summed E-state index contributed by atoms with van der Waals surface area (Å²) in [6.45, 7) is 10.6. The van der Waals surface area contributed by atoms with E-state index in [9.17, 15) is 4.79 Å². The van der Waals surface area contributed by atoms with Crippen molar-refractivity contribution in [2.24, 2.45) is 5.73 Å².